The second-order valence-corrected chi connectivity index (χ2v) is 4.87. The van der Waals surface area contributed by atoms with Gasteiger partial charge < -0.3 is 9.47 Å². The number of carbonyl (C=O) groups is 2. The lowest BCUT2D eigenvalue weighted by atomic mass is 10.2. The molecule has 18 heavy (non-hydrogen) atoms. The van der Waals surface area contributed by atoms with E-state index in [1.54, 1.807) is 26.0 Å². The molecule has 0 aliphatic carbocycles. The van der Waals surface area contributed by atoms with E-state index in [1.807, 2.05) is 0 Å². The quantitative estimate of drug-likeness (QED) is 0.486. The summed E-state index contributed by atoms with van der Waals surface area (Å²) in [6, 6.07) is 6.11. The van der Waals surface area contributed by atoms with Crippen LogP contribution in [0.3, 0.4) is 0 Å². The predicted molar refractivity (Wildman–Crippen MR) is 68.0 cm³/mol. The topological polar surface area (TPSA) is 52.6 Å². The summed E-state index contributed by atoms with van der Waals surface area (Å²) in [6.07, 6.45) is 0. The molecule has 0 unspecified atom stereocenters. The van der Waals surface area contributed by atoms with Crippen LogP contribution in [0.2, 0.25) is 0 Å². The van der Waals surface area contributed by atoms with Crippen molar-refractivity contribution in [2.45, 2.75) is 18.7 Å². The lowest BCUT2D eigenvalue weighted by molar-refractivity contribution is -0.137. The van der Waals surface area contributed by atoms with E-state index in [4.69, 9.17) is 32.7 Å². The summed E-state index contributed by atoms with van der Waals surface area (Å²) in [6.45, 7) is 3.44. The zero-order chi connectivity index (χ0) is 13.7. The van der Waals surface area contributed by atoms with Gasteiger partial charge in [0.05, 0.1) is 5.92 Å². The number of esters is 2. The molecule has 0 fully saturated rings. The van der Waals surface area contributed by atoms with E-state index in [-0.39, 0.29) is 17.6 Å². The first kappa shape index (κ1) is 14.8. The molecule has 0 aliphatic heterocycles. The van der Waals surface area contributed by atoms with Crippen molar-refractivity contribution in [2.24, 2.45) is 5.92 Å². The van der Waals surface area contributed by atoms with Crippen molar-refractivity contribution in [3.8, 4) is 11.5 Å². The van der Waals surface area contributed by atoms with Gasteiger partial charge in [-0.15, -0.1) is 0 Å². The van der Waals surface area contributed by atoms with Gasteiger partial charge in [-0.1, -0.05) is 43.1 Å². The number of carbonyl (C=O) groups excluding carboxylic acids is 2. The Kier molecular flexibility index (Phi) is 5.44. The van der Waals surface area contributed by atoms with Crippen molar-refractivity contribution in [2.75, 3.05) is 0 Å². The van der Waals surface area contributed by atoms with Crippen LogP contribution in [-0.4, -0.2) is 16.8 Å². The summed E-state index contributed by atoms with van der Waals surface area (Å²) >= 11 is 10.7. The highest BCUT2D eigenvalue weighted by molar-refractivity contribution is 6.53. The molecule has 98 valence electrons. The second kappa shape index (κ2) is 6.61. The third-order valence-corrected chi connectivity index (χ3v) is 2.25. The summed E-state index contributed by atoms with van der Waals surface area (Å²) < 4.78 is 9.93. The molecule has 0 aliphatic rings. The van der Waals surface area contributed by atoms with Gasteiger partial charge >= 0.3 is 11.9 Å². The Morgan fingerprint density at radius 2 is 1.56 bits per heavy atom. The molecule has 0 bridgehead atoms. The zero-order valence-electron chi connectivity index (χ0n) is 9.85. The molecular weight excluding hydrogens is 279 g/mol. The average Bonchev–Trinajstić information content (AvgIpc) is 2.29. The minimum absolute atomic E-state index is 0.209. The Balaban J connectivity index is 2.74. The van der Waals surface area contributed by atoms with Crippen LogP contribution in [-0.2, 0) is 9.59 Å². The van der Waals surface area contributed by atoms with Crippen molar-refractivity contribution in [1.82, 2.24) is 0 Å². The van der Waals surface area contributed by atoms with E-state index in [9.17, 15) is 9.59 Å². The smallest absolute Gasteiger partial charge is 0.344 e. The maximum atomic E-state index is 11.4. The first-order valence-electron chi connectivity index (χ1n) is 5.21. The summed E-state index contributed by atoms with van der Waals surface area (Å²) in [5.41, 5.74) is 0. The molecule has 0 aromatic heterocycles. The SMILES string of the molecule is CC(C)C(=O)Oc1cccc(OC(=O)C(Cl)Cl)c1. The van der Waals surface area contributed by atoms with E-state index in [2.05, 4.69) is 0 Å². The summed E-state index contributed by atoms with van der Waals surface area (Å²) in [5, 5.41) is 0. The fourth-order valence-electron chi connectivity index (χ4n) is 0.996. The summed E-state index contributed by atoms with van der Waals surface area (Å²) in [7, 11) is 0. The summed E-state index contributed by atoms with van der Waals surface area (Å²) in [5.74, 6) is -0.900. The van der Waals surface area contributed by atoms with Crippen LogP contribution < -0.4 is 9.47 Å². The molecule has 0 atom stereocenters. The van der Waals surface area contributed by atoms with Gasteiger partial charge in [0.25, 0.3) is 0 Å². The Morgan fingerprint density at radius 3 is 2.00 bits per heavy atom. The highest BCUT2D eigenvalue weighted by atomic mass is 35.5. The van der Waals surface area contributed by atoms with Crippen molar-refractivity contribution in [1.29, 1.82) is 0 Å². The third kappa shape index (κ3) is 4.55. The number of ether oxygens (including phenoxy) is 2. The van der Waals surface area contributed by atoms with Gasteiger partial charge in [-0.3, -0.25) is 4.79 Å². The highest BCUT2D eigenvalue weighted by Crippen LogP contribution is 2.21. The number of rotatable bonds is 4. The van der Waals surface area contributed by atoms with Crippen LogP contribution in [0.1, 0.15) is 13.8 Å². The standard InChI is InChI=1S/C12H12Cl2O4/c1-7(2)11(15)17-8-4-3-5-9(6-8)18-12(16)10(13)14/h3-7,10H,1-2H3. The molecule has 1 aromatic carbocycles. The van der Waals surface area contributed by atoms with Crippen LogP contribution in [0, 0.1) is 5.92 Å². The minimum Gasteiger partial charge on any atom is -0.426 e. The van der Waals surface area contributed by atoms with Gasteiger partial charge in [-0.2, -0.15) is 0 Å². The Hall–Kier alpha value is -1.26. The molecule has 0 spiro atoms. The van der Waals surface area contributed by atoms with Crippen LogP contribution in [0.5, 0.6) is 11.5 Å². The first-order valence-corrected chi connectivity index (χ1v) is 6.09. The minimum atomic E-state index is -1.26. The molecule has 6 heteroatoms. The normalized spacial score (nSPS) is 10.6. The van der Waals surface area contributed by atoms with Crippen LogP contribution in [0.15, 0.2) is 24.3 Å². The fourth-order valence-corrected chi connectivity index (χ4v) is 1.08. The highest BCUT2D eigenvalue weighted by Gasteiger charge is 2.15. The van der Waals surface area contributed by atoms with E-state index in [0.29, 0.717) is 5.75 Å². The van der Waals surface area contributed by atoms with E-state index in [0.717, 1.165) is 0 Å². The molecular formula is C12H12Cl2O4. The Morgan fingerprint density at radius 1 is 1.06 bits per heavy atom. The first-order chi connectivity index (χ1) is 8.40. The molecule has 0 amide bonds. The Labute approximate surface area is 115 Å². The van der Waals surface area contributed by atoms with Gasteiger partial charge in [-0.25, -0.2) is 4.79 Å². The van der Waals surface area contributed by atoms with Crippen molar-refractivity contribution >= 4 is 35.1 Å². The molecule has 0 saturated carbocycles. The number of benzene rings is 1. The number of hydrogen-bond acceptors (Lipinski definition) is 4. The van der Waals surface area contributed by atoms with Crippen LogP contribution >= 0.6 is 23.2 Å². The number of hydrogen-bond donors (Lipinski definition) is 0. The van der Waals surface area contributed by atoms with Gasteiger partial charge in [0, 0.05) is 6.07 Å². The van der Waals surface area contributed by atoms with Crippen molar-refractivity contribution < 1.29 is 19.1 Å². The monoisotopic (exact) mass is 290 g/mol. The lowest BCUT2D eigenvalue weighted by Gasteiger charge is -2.08. The van der Waals surface area contributed by atoms with Gasteiger partial charge in [0.2, 0.25) is 4.84 Å². The van der Waals surface area contributed by atoms with Gasteiger partial charge in [-0.05, 0) is 12.1 Å². The van der Waals surface area contributed by atoms with E-state index >= 15 is 0 Å². The summed E-state index contributed by atoms with van der Waals surface area (Å²) in [4.78, 5) is 21.3. The Bertz CT molecular complexity index is 406. The third-order valence-electron chi connectivity index (χ3n) is 1.89. The van der Waals surface area contributed by atoms with Crippen LogP contribution in [0.4, 0.5) is 0 Å². The molecule has 1 aromatic rings. The van der Waals surface area contributed by atoms with E-state index in [1.165, 1.54) is 12.1 Å². The second-order valence-electron chi connectivity index (χ2n) is 3.77. The predicted octanol–water partition coefficient (Wildman–Crippen LogP) is 2.96. The largest absolute Gasteiger partial charge is 0.426 e. The fraction of sp³-hybridized carbons (Fsp3) is 0.333. The lowest BCUT2D eigenvalue weighted by Crippen LogP contribution is -2.16. The molecule has 0 N–H and O–H groups in total. The number of alkyl halides is 2. The van der Waals surface area contributed by atoms with Crippen LogP contribution in [0.25, 0.3) is 0 Å². The van der Waals surface area contributed by atoms with Gasteiger partial charge in [0.15, 0.2) is 0 Å². The maximum absolute atomic E-state index is 11.4. The van der Waals surface area contributed by atoms with Crippen molar-refractivity contribution in [3.05, 3.63) is 24.3 Å². The molecule has 4 nitrogen and oxygen atoms in total. The van der Waals surface area contributed by atoms with Gasteiger partial charge in [0.1, 0.15) is 11.5 Å². The maximum Gasteiger partial charge on any atom is 0.344 e. The van der Waals surface area contributed by atoms with E-state index < -0.39 is 10.8 Å². The zero-order valence-corrected chi connectivity index (χ0v) is 11.4. The van der Waals surface area contributed by atoms with Crippen molar-refractivity contribution in [3.63, 3.8) is 0 Å². The molecule has 0 radical (unpaired) electrons. The number of halogens is 2. The average molecular weight is 291 g/mol. The molecule has 0 heterocycles. The molecule has 0 saturated heterocycles. The molecule has 1 rings (SSSR count).